The van der Waals surface area contributed by atoms with Gasteiger partial charge in [0.05, 0.1) is 5.69 Å². The van der Waals surface area contributed by atoms with Crippen LogP contribution in [0.5, 0.6) is 0 Å². The number of aryl methyl sites for hydroxylation is 1. The van der Waals surface area contributed by atoms with E-state index in [1.54, 1.807) is 17.9 Å². The van der Waals surface area contributed by atoms with E-state index in [1.165, 1.54) is 0 Å². The van der Waals surface area contributed by atoms with Gasteiger partial charge in [0.1, 0.15) is 5.69 Å². The van der Waals surface area contributed by atoms with Crippen LogP contribution in [0.1, 0.15) is 36.5 Å². The normalized spacial score (nSPS) is 10.7. The van der Waals surface area contributed by atoms with Gasteiger partial charge in [-0.1, -0.05) is 0 Å². The van der Waals surface area contributed by atoms with Gasteiger partial charge < -0.3 is 25.4 Å². The maximum Gasteiger partial charge on any atom is 0.354 e. The van der Waals surface area contributed by atoms with Gasteiger partial charge in [0.2, 0.25) is 0 Å². The highest BCUT2D eigenvalue weighted by atomic mass is 16.4. The predicted octanol–water partition coefficient (Wildman–Crippen LogP) is 1.65. The Morgan fingerprint density at radius 2 is 2.10 bits per heavy atom. The number of carbonyl (C=O) groups excluding carboxylic acids is 1. The molecular formula is C13H21N3O4. The van der Waals surface area contributed by atoms with Gasteiger partial charge in [0, 0.05) is 24.9 Å². The van der Waals surface area contributed by atoms with Crippen LogP contribution in [0.3, 0.4) is 0 Å². The highest BCUT2D eigenvalue weighted by molar-refractivity contribution is 5.99. The molecule has 1 aromatic rings. The Morgan fingerprint density at radius 3 is 2.60 bits per heavy atom. The zero-order valence-electron chi connectivity index (χ0n) is 11.9. The van der Waals surface area contributed by atoms with E-state index in [2.05, 4.69) is 10.3 Å². The number of nitrogens with one attached hydrogen (secondary N) is 2. The second kappa shape index (κ2) is 6.95. The molecule has 1 aromatic heterocycles. The molecule has 112 valence electrons. The quantitative estimate of drug-likeness (QED) is 0.637. The van der Waals surface area contributed by atoms with E-state index in [0.29, 0.717) is 18.7 Å². The summed E-state index contributed by atoms with van der Waals surface area (Å²) in [6, 6.07) is 1.15. The van der Waals surface area contributed by atoms with Crippen molar-refractivity contribution in [1.82, 2.24) is 9.88 Å². The number of hydrogen-bond acceptors (Lipinski definition) is 3. The summed E-state index contributed by atoms with van der Waals surface area (Å²) in [6.07, 6.45) is 0.476. The summed E-state index contributed by atoms with van der Waals surface area (Å²) in [5.41, 5.74) is 0.862. The first-order valence-corrected chi connectivity index (χ1v) is 6.48. The minimum Gasteiger partial charge on any atom is -0.477 e. The number of H-pyrrole nitrogens is 1. The van der Waals surface area contributed by atoms with E-state index in [1.807, 2.05) is 13.8 Å². The first-order valence-electron chi connectivity index (χ1n) is 6.48. The van der Waals surface area contributed by atoms with Crippen LogP contribution in [-0.4, -0.2) is 51.3 Å². The maximum absolute atomic E-state index is 12.2. The largest absolute Gasteiger partial charge is 0.477 e. The molecule has 0 fully saturated rings. The Hall–Kier alpha value is -2.02. The van der Waals surface area contributed by atoms with Gasteiger partial charge >= 0.3 is 12.0 Å². The highest BCUT2D eigenvalue weighted by Gasteiger charge is 2.20. The molecule has 7 nitrogen and oxygen atoms in total. The monoisotopic (exact) mass is 283 g/mol. The molecule has 0 aliphatic carbocycles. The number of carboxylic acids is 1. The fraction of sp³-hybridized carbons (Fsp3) is 0.538. The highest BCUT2D eigenvalue weighted by Crippen LogP contribution is 2.18. The van der Waals surface area contributed by atoms with Crippen LogP contribution in [0.4, 0.5) is 10.5 Å². The molecule has 0 aliphatic rings. The Bertz CT molecular complexity index is 482. The van der Waals surface area contributed by atoms with Gasteiger partial charge in [-0.25, -0.2) is 9.59 Å². The number of rotatable bonds is 6. The van der Waals surface area contributed by atoms with Crippen LogP contribution in [0.25, 0.3) is 0 Å². The van der Waals surface area contributed by atoms with Crippen molar-refractivity contribution in [3.8, 4) is 0 Å². The van der Waals surface area contributed by atoms with Crippen LogP contribution in [0, 0.1) is 6.92 Å². The molecule has 4 N–H and O–H groups in total. The van der Waals surface area contributed by atoms with Gasteiger partial charge in [0.25, 0.3) is 0 Å². The minimum absolute atomic E-state index is 0.000138. The van der Waals surface area contributed by atoms with Crippen LogP contribution in [-0.2, 0) is 0 Å². The van der Waals surface area contributed by atoms with Crippen molar-refractivity contribution in [3.63, 3.8) is 0 Å². The van der Waals surface area contributed by atoms with Crippen molar-refractivity contribution in [2.45, 2.75) is 33.2 Å². The fourth-order valence-corrected chi connectivity index (χ4v) is 1.88. The van der Waals surface area contributed by atoms with E-state index in [9.17, 15) is 9.59 Å². The number of carboxylic acid groups (broad SMARTS) is 1. The molecule has 0 bridgehead atoms. The van der Waals surface area contributed by atoms with Crippen LogP contribution >= 0.6 is 0 Å². The van der Waals surface area contributed by atoms with Crippen LogP contribution in [0.2, 0.25) is 0 Å². The average molecular weight is 283 g/mol. The summed E-state index contributed by atoms with van der Waals surface area (Å²) in [6.45, 7) is 5.84. The first kappa shape index (κ1) is 16.0. The number of aliphatic hydroxyl groups excluding tert-OH is 1. The molecule has 0 saturated carbocycles. The molecule has 0 unspecified atom stereocenters. The number of aromatic carboxylic acids is 1. The van der Waals surface area contributed by atoms with Crippen molar-refractivity contribution in [2.24, 2.45) is 0 Å². The number of nitrogens with zero attached hydrogens (tertiary/aromatic N) is 1. The van der Waals surface area contributed by atoms with Gasteiger partial charge in [-0.05, 0) is 33.3 Å². The van der Waals surface area contributed by atoms with Crippen molar-refractivity contribution < 1.29 is 19.8 Å². The molecule has 20 heavy (non-hydrogen) atoms. The molecule has 0 aromatic carbocycles. The molecule has 0 saturated heterocycles. The topological polar surface area (TPSA) is 106 Å². The lowest BCUT2D eigenvalue weighted by Gasteiger charge is -2.26. The minimum atomic E-state index is -1.13. The second-order valence-electron chi connectivity index (χ2n) is 4.84. The van der Waals surface area contributed by atoms with Crippen molar-refractivity contribution in [2.75, 3.05) is 18.5 Å². The van der Waals surface area contributed by atoms with Crippen molar-refractivity contribution in [1.29, 1.82) is 0 Å². The van der Waals surface area contributed by atoms with Crippen LogP contribution < -0.4 is 5.32 Å². The Kier molecular flexibility index (Phi) is 5.57. The fourth-order valence-electron chi connectivity index (χ4n) is 1.88. The number of carbonyl (C=O) groups is 2. The number of urea groups is 1. The number of anilines is 1. The van der Waals surface area contributed by atoms with E-state index in [0.717, 1.165) is 0 Å². The lowest BCUT2D eigenvalue weighted by atomic mass is 10.3. The predicted molar refractivity (Wildman–Crippen MR) is 75.1 cm³/mol. The Labute approximate surface area is 117 Å². The Morgan fingerprint density at radius 1 is 1.45 bits per heavy atom. The van der Waals surface area contributed by atoms with Crippen LogP contribution in [0.15, 0.2) is 6.07 Å². The lowest BCUT2D eigenvalue weighted by molar-refractivity contribution is 0.0692. The molecule has 0 radical (unpaired) electrons. The SMILES string of the molecule is Cc1cc(NC(=O)N(CCCO)C(C)C)c(C(=O)O)[nH]1. The van der Waals surface area contributed by atoms with Gasteiger partial charge in [-0.15, -0.1) is 0 Å². The first-order chi connectivity index (χ1) is 9.36. The van der Waals surface area contributed by atoms with Gasteiger partial charge in [-0.3, -0.25) is 0 Å². The van der Waals surface area contributed by atoms with Crippen molar-refractivity contribution in [3.05, 3.63) is 17.5 Å². The summed E-state index contributed by atoms with van der Waals surface area (Å²) in [4.78, 5) is 27.5. The summed E-state index contributed by atoms with van der Waals surface area (Å²) >= 11 is 0. The molecule has 0 aliphatic heterocycles. The second-order valence-corrected chi connectivity index (χ2v) is 4.84. The standard InChI is InChI=1S/C13H21N3O4/c1-8(2)16(5-4-6-17)13(20)15-10-7-9(3)14-11(10)12(18)19/h7-8,14,17H,4-6H2,1-3H3,(H,15,20)(H,18,19). The average Bonchev–Trinajstić information content (AvgIpc) is 2.70. The molecule has 1 heterocycles. The van der Waals surface area contributed by atoms with E-state index in [4.69, 9.17) is 10.2 Å². The molecule has 0 atom stereocenters. The summed E-state index contributed by atoms with van der Waals surface area (Å²) in [5, 5.41) is 20.5. The Balaban J connectivity index is 2.85. The maximum atomic E-state index is 12.2. The molecule has 0 spiro atoms. The number of aliphatic hydroxyl groups is 1. The third-order valence-corrected chi connectivity index (χ3v) is 2.85. The molecule has 7 heteroatoms. The molecule has 2 amide bonds. The van der Waals surface area contributed by atoms with E-state index < -0.39 is 5.97 Å². The molecule has 1 rings (SSSR count). The summed E-state index contributed by atoms with van der Waals surface area (Å²) in [7, 11) is 0. The third-order valence-electron chi connectivity index (χ3n) is 2.85. The molecular weight excluding hydrogens is 262 g/mol. The third kappa shape index (κ3) is 3.99. The smallest absolute Gasteiger partial charge is 0.354 e. The number of amides is 2. The number of aromatic amines is 1. The number of hydrogen-bond donors (Lipinski definition) is 4. The number of aromatic nitrogens is 1. The summed E-state index contributed by atoms with van der Waals surface area (Å²) in [5.74, 6) is -1.13. The van der Waals surface area contributed by atoms with E-state index in [-0.39, 0.29) is 30.1 Å². The zero-order valence-corrected chi connectivity index (χ0v) is 11.9. The van der Waals surface area contributed by atoms with E-state index >= 15 is 0 Å². The lowest BCUT2D eigenvalue weighted by Crippen LogP contribution is -2.41. The zero-order chi connectivity index (χ0) is 15.3. The summed E-state index contributed by atoms with van der Waals surface area (Å²) < 4.78 is 0. The van der Waals surface area contributed by atoms with Gasteiger partial charge in [0.15, 0.2) is 0 Å². The van der Waals surface area contributed by atoms with Crippen molar-refractivity contribution >= 4 is 17.7 Å². The van der Waals surface area contributed by atoms with Gasteiger partial charge in [-0.2, -0.15) is 0 Å².